The van der Waals surface area contributed by atoms with E-state index in [0.29, 0.717) is 0 Å². The molecule has 2 N–H and O–H groups in total. The fraction of sp³-hybridized carbons (Fsp3) is 0.500. The van der Waals surface area contributed by atoms with Crippen LogP contribution in [0.1, 0.15) is 20.8 Å². The van der Waals surface area contributed by atoms with Gasteiger partial charge in [0.2, 0.25) is 15.9 Å². The summed E-state index contributed by atoms with van der Waals surface area (Å²) in [5, 5.41) is 2.24. The Balaban J connectivity index is 2.86. The molecule has 24 heavy (non-hydrogen) atoms. The predicted octanol–water partition coefficient (Wildman–Crippen LogP) is 2.28. The van der Waals surface area contributed by atoms with Crippen molar-refractivity contribution in [2.24, 2.45) is 0 Å². The summed E-state index contributed by atoms with van der Waals surface area (Å²) >= 11 is 0. The van der Waals surface area contributed by atoms with E-state index in [4.69, 9.17) is 0 Å². The number of carbonyl (C=O) groups excluding carboxylic acids is 1. The lowest BCUT2D eigenvalue weighted by Crippen LogP contribution is -2.40. The van der Waals surface area contributed by atoms with Crippen LogP contribution in [0.15, 0.2) is 29.2 Å². The third-order valence-corrected chi connectivity index (χ3v) is 4.21. The van der Waals surface area contributed by atoms with Crippen molar-refractivity contribution in [3.8, 4) is 0 Å². The molecule has 0 saturated heterocycles. The molecule has 0 spiro atoms. The normalized spacial score (nSPS) is 12.9. The first-order valence-corrected chi connectivity index (χ1v) is 8.36. The molecule has 1 aromatic carbocycles. The molecular formula is C14H19F3N2O4S. The summed E-state index contributed by atoms with van der Waals surface area (Å²) in [7, 11) is -3.92. The molecule has 0 saturated carbocycles. The number of rotatable bonds is 6. The Morgan fingerprint density at radius 2 is 1.75 bits per heavy atom. The van der Waals surface area contributed by atoms with Gasteiger partial charge in [0.15, 0.2) is 0 Å². The van der Waals surface area contributed by atoms with Crippen molar-refractivity contribution >= 4 is 21.6 Å². The number of para-hydroxylation sites is 1. The molecule has 0 aliphatic carbocycles. The second-order valence-corrected chi connectivity index (χ2v) is 7.66. The van der Waals surface area contributed by atoms with Gasteiger partial charge in [0.25, 0.3) is 0 Å². The number of hydrogen-bond donors (Lipinski definition) is 2. The summed E-state index contributed by atoms with van der Waals surface area (Å²) in [6, 6.07) is 5.56. The van der Waals surface area contributed by atoms with E-state index in [-0.39, 0.29) is 10.6 Å². The maximum Gasteiger partial charge on any atom is 0.411 e. The highest BCUT2D eigenvalue weighted by Crippen LogP contribution is 2.22. The number of ether oxygens (including phenoxy) is 1. The topological polar surface area (TPSA) is 84.5 Å². The minimum Gasteiger partial charge on any atom is -0.362 e. The zero-order valence-electron chi connectivity index (χ0n) is 13.4. The van der Waals surface area contributed by atoms with E-state index < -0.39 is 40.9 Å². The summed E-state index contributed by atoms with van der Waals surface area (Å²) in [5.41, 5.74) is -0.791. The van der Waals surface area contributed by atoms with Gasteiger partial charge in [-0.1, -0.05) is 12.1 Å². The van der Waals surface area contributed by atoms with E-state index in [2.05, 4.69) is 14.8 Å². The van der Waals surface area contributed by atoms with Crippen molar-refractivity contribution in [3.05, 3.63) is 24.3 Å². The Morgan fingerprint density at radius 1 is 1.17 bits per heavy atom. The molecule has 0 radical (unpaired) electrons. The van der Waals surface area contributed by atoms with Gasteiger partial charge in [-0.3, -0.25) is 4.79 Å². The number of carbonyl (C=O) groups is 1. The van der Waals surface area contributed by atoms with E-state index in [9.17, 15) is 26.4 Å². The van der Waals surface area contributed by atoms with Gasteiger partial charge in [-0.05, 0) is 32.9 Å². The monoisotopic (exact) mass is 368 g/mol. The van der Waals surface area contributed by atoms with Gasteiger partial charge < -0.3 is 10.1 Å². The number of halogens is 3. The fourth-order valence-corrected chi connectivity index (χ4v) is 3.29. The minimum absolute atomic E-state index is 0.0464. The van der Waals surface area contributed by atoms with Crippen LogP contribution in [-0.4, -0.2) is 39.3 Å². The standard InChI is InChI=1S/C14H19F3N2O4S/c1-13(2,3)19-24(21,22)11-7-5-4-6-10(11)18-12(20)8-23-9-14(15,16)17/h4-7,19H,8-9H2,1-3H3,(H,18,20). The molecule has 0 heterocycles. The molecule has 0 fully saturated rings. The summed E-state index contributed by atoms with van der Waals surface area (Å²) < 4.78 is 67.3. The molecule has 1 rings (SSSR count). The zero-order chi connectivity index (χ0) is 18.6. The van der Waals surface area contributed by atoms with E-state index in [1.54, 1.807) is 20.8 Å². The molecule has 0 aromatic heterocycles. The highest BCUT2D eigenvalue weighted by Gasteiger charge is 2.28. The van der Waals surface area contributed by atoms with Crippen molar-refractivity contribution in [1.29, 1.82) is 0 Å². The summed E-state index contributed by atoms with van der Waals surface area (Å²) in [4.78, 5) is 11.5. The number of benzene rings is 1. The molecular weight excluding hydrogens is 349 g/mol. The largest absolute Gasteiger partial charge is 0.411 e. The smallest absolute Gasteiger partial charge is 0.362 e. The lowest BCUT2D eigenvalue weighted by Gasteiger charge is -2.21. The van der Waals surface area contributed by atoms with Crippen LogP contribution in [0.3, 0.4) is 0 Å². The average Bonchev–Trinajstić information content (AvgIpc) is 2.34. The first-order valence-electron chi connectivity index (χ1n) is 6.87. The number of alkyl halides is 3. The molecule has 0 aliphatic rings. The van der Waals surface area contributed by atoms with Gasteiger partial charge in [0, 0.05) is 5.54 Å². The Kier molecular flexibility index (Phi) is 6.37. The van der Waals surface area contributed by atoms with Crippen molar-refractivity contribution in [2.45, 2.75) is 37.4 Å². The highest BCUT2D eigenvalue weighted by molar-refractivity contribution is 7.89. The van der Waals surface area contributed by atoms with Crippen LogP contribution in [0.25, 0.3) is 0 Å². The molecule has 0 atom stereocenters. The molecule has 0 aliphatic heterocycles. The van der Waals surface area contributed by atoms with Gasteiger partial charge >= 0.3 is 6.18 Å². The maximum atomic E-state index is 12.4. The number of sulfonamides is 1. The number of nitrogens with one attached hydrogen (secondary N) is 2. The van der Waals surface area contributed by atoms with E-state index in [1.165, 1.54) is 24.3 Å². The van der Waals surface area contributed by atoms with Crippen LogP contribution in [-0.2, 0) is 19.6 Å². The average molecular weight is 368 g/mol. The zero-order valence-corrected chi connectivity index (χ0v) is 14.2. The number of amides is 1. The highest BCUT2D eigenvalue weighted by atomic mass is 32.2. The van der Waals surface area contributed by atoms with Crippen LogP contribution in [0, 0.1) is 0 Å². The summed E-state index contributed by atoms with van der Waals surface area (Å²) in [6.45, 7) is 2.54. The van der Waals surface area contributed by atoms with Crippen LogP contribution in [0.2, 0.25) is 0 Å². The first-order chi connectivity index (χ1) is 10.8. The van der Waals surface area contributed by atoms with E-state index in [1.807, 2.05) is 0 Å². The van der Waals surface area contributed by atoms with Crippen LogP contribution in [0.5, 0.6) is 0 Å². The Morgan fingerprint density at radius 3 is 2.29 bits per heavy atom. The van der Waals surface area contributed by atoms with Gasteiger partial charge in [0.1, 0.15) is 18.1 Å². The molecule has 136 valence electrons. The number of hydrogen-bond acceptors (Lipinski definition) is 4. The van der Waals surface area contributed by atoms with Gasteiger partial charge in [0.05, 0.1) is 5.69 Å². The van der Waals surface area contributed by atoms with Crippen molar-refractivity contribution in [3.63, 3.8) is 0 Å². The SMILES string of the molecule is CC(C)(C)NS(=O)(=O)c1ccccc1NC(=O)COCC(F)(F)F. The molecule has 10 heteroatoms. The van der Waals surface area contributed by atoms with E-state index >= 15 is 0 Å². The van der Waals surface area contributed by atoms with Gasteiger partial charge in [-0.25, -0.2) is 13.1 Å². The summed E-state index contributed by atoms with van der Waals surface area (Å²) in [6.07, 6.45) is -4.54. The van der Waals surface area contributed by atoms with Crippen LogP contribution in [0.4, 0.5) is 18.9 Å². The summed E-state index contributed by atoms with van der Waals surface area (Å²) in [5.74, 6) is -0.891. The molecule has 1 amide bonds. The van der Waals surface area contributed by atoms with Crippen LogP contribution >= 0.6 is 0 Å². The molecule has 6 nitrogen and oxygen atoms in total. The second kappa shape index (κ2) is 7.49. The lowest BCUT2D eigenvalue weighted by atomic mass is 10.1. The third kappa shape index (κ3) is 7.28. The van der Waals surface area contributed by atoms with E-state index in [0.717, 1.165) is 0 Å². The van der Waals surface area contributed by atoms with Crippen molar-refractivity contribution < 1.29 is 31.1 Å². The minimum atomic E-state index is -4.54. The third-order valence-electron chi connectivity index (χ3n) is 2.39. The van der Waals surface area contributed by atoms with Crippen molar-refractivity contribution in [1.82, 2.24) is 4.72 Å². The number of anilines is 1. The fourth-order valence-electron chi connectivity index (χ4n) is 1.71. The quantitative estimate of drug-likeness (QED) is 0.807. The maximum absolute atomic E-state index is 12.4. The first kappa shape index (κ1) is 20.4. The lowest BCUT2D eigenvalue weighted by molar-refractivity contribution is -0.174. The Hall–Kier alpha value is -1.65. The van der Waals surface area contributed by atoms with Gasteiger partial charge in [-0.2, -0.15) is 13.2 Å². The Bertz CT molecular complexity index is 682. The van der Waals surface area contributed by atoms with Gasteiger partial charge in [-0.15, -0.1) is 0 Å². The van der Waals surface area contributed by atoms with Crippen molar-refractivity contribution in [2.75, 3.05) is 18.5 Å². The molecule has 0 bridgehead atoms. The molecule has 0 unspecified atom stereocenters. The predicted molar refractivity (Wildman–Crippen MR) is 82.0 cm³/mol. The Labute approximate surface area is 138 Å². The van der Waals surface area contributed by atoms with Crippen LogP contribution < -0.4 is 10.0 Å². The second-order valence-electron chi connectivity index (χ2n) is 6.01. The molecule has 1 aromatic rings.